The molecule has 0 radical (unpaired) electrons. The molecule has 5 heteroatoms. The summed E-state index contributed by atoms with van der Waals surface area (Å²) < 4.78 is 5.47. The average Bonchev–Trinajstić information content (AvgIpc) is 3.05. The van der Waals surface area contributed by atoms with Gasteiger partial charge in [0.2, 0.25) is 5.91 Å². The van der Waals surface area contributed by atoms with Crippen LogP contribution in [0.2, 0.25) is 0 Å². The van der Waals surface area contributed by atoms with Crippen molar-refractivity contribution in [1.82, 2.24) is 9.80 Å². The van der Waals surface area contributed by atoms with E-state index in [2.05, 4.69) is 47.1 Å². The summed E-state index contributed by atoms with van der Waals surface area (Å²) in [5.74, 6) is 1.16. The molecule has 5 nitrogen and oxygen atoms in total. The molecule has 0 N–H and O–H groups in total. The molecule has 1 saturated heterocycles. The van der Waals surface area contributed by atoms with Gasteiger partial charge in [0.05, 0.1) is 13.7 Å². The molecular formula is C23H29N3O2. The molecule has 1 fully saturated rings. The highest BCUT2D eigenvalue weighted by Crippen LogP contribution is 2.32. The van der Waals surface area contributed by atoms with Gasteiger partial charge in [-0.15, -0.1) is 0 Å². The van der Waals surface area contributed by atoms with Crippen LogP contribution in [0, 0.1) is 0 Å². The SMILES string of the molecule is COc1ccccc1CN1CCN(CC(=O)N2c3ccccc3CC2C)CC1. The average molecular weight is 380 g/mol. The molecular weight excluding hydrogens is 350 g/mol. The summed E-state index contributed by atoms with van der Waals surface area (Å²) in [7, 11) is 1.72. The number of hydrogen-bond acceptors (Lipinski definition) is 4. The molecule has 4 rings (SSSR count). The molecule has 148 valence electrons. The molecule has 0 saturated carbocycles. The molecule has 0 aromatic heterocycles. The van der Waals surface area contributed by atoms with E-state index in [4.69, 9.17) is 4.74 Å². The zero-order chi connectivity index (χ0) is 19.5. The summed E-state index contributed by atoms with van der Waals surface area (Å²) in [6.07, 6.45) is 0.953. The van der Waals surface area contributed by atoms with Crippen LogP contribution >= 0.6 is 0 Å². The topological polar surface area (TPSA) is 36.0 Å². The van der Waals surface area contributed by atoms with Gasteiger partial charge in [0.25, 0.3) is 0 Å². The van der Waals surface area contributed by atoms with Gasteiger partial charge in [0, 0.05) is 50.0 Å². The number of carbonyl (C=O) groups excluding carboxylic acids is 1. The van der Waals surface area contributed by atoms with Crippen LogP contribution in [0.1, 0.15) is 18.1 Å². The van der Waals surface area contributed by atoms with Crippen molar-refractivity contribution in [2.45, 2.75) is 25.9 Å². The lowest BCUT2D eigenvalue weighted by Gasteiger charge is -2.35. The van der Waals surface area contributed by atoms with E-state index in [1.165, 1.54) is 11.1 Å². The van der Waals surface area contributed by atoms with Crippen LogP contribution in [0.5, 0.6) is 5.75 Å². The minimum atomic E-state index is 0.218. The van der Waals surface area contributed by atoms with E-state index in [0.717, 1.165) is 50.6 Å². The van der Waals surface area contributed by atoms with Crippen molar-refractivity contribution in [3.05, 3.63) is 59.7 Å². The van der Waals surface area contributed by atoms with Crippen molar-refractivity contribution in [2.75, 3.05) is 44.7 Å². The quantitative estimate of drug-likeness (QED) is 0.800. The first-order valence-electron chi connectivity index (χ1n) is 10.1. The van der Waals surface area contributed by atoms with Crippen LogP contribution in [0.15, 0.2) is 48.5 Å². The Morgan fingerprint density at radius 1 is 1.00 bits per heavy atom. The van der Waals surface area contributed by atoms with Gasteiger partial charge in [-0.1, -0.05) is 36.4 Å². The maximum atomic E-state index is 13.0. The Morgan fingerprint density at radius 2 is 1.68 bits per heavy atom. The van der Waals surface area contributed by atoms with Crippen LogP contribution in [-0.4, -0.2) is 61.6 Å². The normalized spacial score (nSPS) is 20.2. The second-order valence-electron chi connectivity index (χ2n) is 7.81. The number of para-hydroxylation sites is 2. The van der Waals surface area contributed by atoms with E-state index in [0.29, 0.717) is 6.54 Å². The first-order valence-corrected chi connectivity index (χ1v) is 10.1. The number of carbonyl (C=O) groups is 1. The molecule has 2 aliphatic heterocycles. The summed E-state index contributed by atoms with van der Waals surface area (Å²) in [5, 5.41) is 0. The second-order valence-corrected chi connectivity index (χ2v) is 7.81. The maximum Gasteiger partial charge on any atom is 0.241 e. The lowest BCUT2D eigenvalue weighted by Crippen LogP contribution is -2.50. The third-order valence-corrected chi connectivity index (χ3v) is 5.89. The van der Waals surface area contributed by atoms with Gasteiger partial charge in [-0.05, 0) is 31.0 Å². The van der Waals surface area contributed by atoms with Gasteiger partial charge in [0.1, 0.15) is 5.75 Å². The Hall–Kier alpha value is -2.37. The minimum Gasteiger partial charge on any atom is -0.496 e. The van der Waals surface area contributed by atoms with Crippen molar-refractivity contribution in [3.63, 3.8) is 0 Å². The first-order chi connectivity index (χ1) is 13.7. The van der Waals surface area contributed by atoms with Gasteiger partial charge in [-0.25, -0.2) is 0 Å². The maximum absolute atomic E-state index is 13.0. The largest absolute Gasteiger partial charge is 0.496 e. The zero-order valence-electron chi connectivity index (χ0n) is 16.8. The molecule has 1 amide bonds. The third kappa shape index (κ3) is 3.91. The first kappa shape index (κ1) is 19.0. The molecule has 2 heterocycles. The highest BCUT2D eigenvalue weighted by Gasteiger charge is 2.31. The van der Waals surface area contributed by atoms with Gasteiger partial charge >= 0.3 is 0 Å². The van der Waals surface area contributed by atoms with Crippen molar-refractivity contribution in [3.8, 4) is 5.75 Å². The molecule has 0 spiro atoms. The fourth-order valence-corrected chi connectivity index (χ4v) is 4.39. The molecule has 2 aromatic rings. The Kier molecular flexibility index (Phi) is 5.64. The van der Waals surface area contributed by atoms with Crippen molar-refractivity contribution in [2.24, 2.45) is 0 Å². The number of methoxy groups -OCH3 is 1. The predicted molar refractivity (Wildman–Crippen MR) is 112 cm³/mol. The molecule has 2 aromatic carbocycles. The fourth-order valence-electron chi connectivity index (χ4n) is 4.39. The lowest BCUT2D eigenvalue weighted by molar-refractivity contribution is -0.120. The second kappa shape index (κ2) is 8.33. The van der Waals surface area contributed by atoms with Crippen LogP contribution in [-0.2, 0) is 17.8 Å². The van der Waals surface area contributed by atoms with E-state index in [-0.39, 0.29) is 11.9 Å². The number of hydrogen-bond donors (Lipinski definition) is 0. The van der Waals surface area contributed by atoms with E-state index in [1.54, 1.807) is 7.11 Å². The number of nitrogens with zero attached hydrogens (tertiary/aromatic N) is 3. The molecule has 0 aliphatic carbocycles. The van der Waals surface area contributed by atoms with E-state index >= 15 is 0 Å². The highest BCUT2D eigenvalue weighted by atomic mass is 16.5. The Labute approximate surface area is 167 Å². The summed E-state index contributed by atoms with van der Waals surface area (Å²) in [4.78, 5) is 19.7. The summed E-state index contributed by atoms with van der Waals surface area (Å²) in [6.45, 7) is 7.32. The molecule has 1 unspecified atom stereocenters. The summed E-state index contributed by atoms with van der Waals surface area (Å²) in [6, 6.07) is 16.7. The lowest BCUT2D eigenvalue weighted by atomic mass is 10.1. The molecule has 28 heavy (non-hydrogen) atoms. The number of amides is 1. The van der Waals surface area contributed by atoms with Gasteiger partial charge < -0.3 is 9.64 Å². The number of ether oxygens (including phenoxy) is 1. The van der Waals surface area contributed by atoms with Crippen LogP contribution < -0.4 is 9.64 Å². The standard InChI is InChI=1S/C23H29N3O2/c1-18-15-19-7-3-5-9-21(19)26(18)23(27)17-25-13-11-24(12-14-25)16-20-8-4-6-10-22(20)28-2/h3-10,18H,11-17H2,1-2H3. The number of benzene rings is 2. The van der Waals surface area contributed by atoms with Crippen LogP contribution in [0.3, 0.4) is 0 Å². The van der Waals surface area contributed by atoms with Gasteiger partial charge in [-0.2, -0.15) is 0 Å². The van der Waals surface area contributed by atoms with Crippen LogP contribution in [0.25, 0.3) is 0 Å². The predicted octanol–water partition coefficient (Wildman–Crippen LogP) is 2.79. The van der Waals surface area contributed by atoms with Crippen molar-refractivity contribution >= 4 is 11.6 Å². The zero-order valence-corrected chi connectivity index (χ0v) is 16.8. The third-order valence-electron chi connectivity index (χ3n) is 5.89. The Bertz CT molecular complexity index is 830. The summed E-state index contributed by atoms with van der Waals surface area (Å²) in [5.41, 5.74) is 3.59. The molecule has 0 bridgehead atoms. The smallest absolute Gasteiger partial charge is 0.241 e. The fraction of sp³-hybridized carbons (Fsp3) is 0.435. The van der Waals surface area contributed by atoms with Gasteiger partial charge in [-0.3, -0.25) is 14.6 Å². The van der Waals surface area contributed by atoms with Crippen molar-refractivity contribution < 1.29 is 9.53 Å². The number of piperazine rings is 1. The van der Waals surface area contributed by atoms with E-state index in [9.17, 15) is 4.79 Å². The van der Waals surface area contributed by atoms with E-state index in [1.807, 2.05) is 23.1 Å². The molecule has 2 aliphatic rings. The number of anilines is 1. The van der Waals surface area contributed by atoms with Crippen molar-refractivity contribution in [1.29, 1.82) is 0 Å². The monoisotopic (exact) mass is 379 g/mol. The Balaban J connectivity index is 1.32. The minimum absolute atomic E-state index is 0.218. The van der Waals surface area contributed by atoms with Crippen LogP contribution in [0.4, 0.5) is 5.69 Å². The highest BCUT2D eigenvalue weighted by molar-refractivity contribution is 5.97. The Morgan fingerprint density at radius 3 is 2.46 bits per heavy atom. The number of fused-ring (bicyclic) bond motifs is 1. The van der Waals surface area contributed by atoms with E-state index < -0.39 is 0 Å². The number of rotatable bonds is 5. The summed E-state index contributed by atoms with van der Waals surface area (Å²) >= 11 is 0. The van der Waals surface area contributed by atoms with Gasteiger partial charge in [0.15, 0.2) is 0 Å². The molecule has 1 atom stereocenters.